The van der Waals surface area contributed by atoms with Gasteiger partial charge in [0.15, 0.2) is 35.4 Å². The van der Waals surface area contributed by atoms with Gasteiger partial charge in [-0.05, 0) is 35.9 Å². The van der Waals surface area contributed by atoms with Crippen LogP contribution in [0.5, 0.6) is 34.5 Å². The van der Waals surface area contributed by atoms with Crippen molar-refractivity contribution >= 4 is 18.0 Å². The smallest absolute Gasteiger partial charge is 0.338 e. The summed E-state index contributed by atoms with van der Waals surface area (Å²) < 4.78 is 59.5. The fraction of sp³-hybridized carbons (Fsp3) is 0.529. The van der Waals surface area contributed by atoms with E-state index in [-0.39, 0.29) is 22.8 Å². The summed E-state index contributed by atoms with van der Waals surface area (Å²) in [7, 11) is 8.31. The first-order valence-corrected chi connectivity index (χ1v) is 16.0. The van der Waals surface area contributed by atoms with Crippen LogP contribution in [0.3, 0.4) is 0 Å². The maximum atomic E-state index is 13.0. The van der Waals surface area contributed by atoms with Crippen molar-refractivity contribution in [2.45, 2.75) is 54.8 Å². The van der Waals surface area contributed by atoms with E-state index in [0.29, 0.717) is 22.8 Å². The van der Waals surface area contributed by atoms with Gasteiger partial charge in [0.2, 0.25) is 17.3 Å². The van der Waals surface area contributed by atoms with Crippen molar-refractivity contribution in [2.24, 2.45) is 0 Å². The number of hydrogen-bond acceptors (Lipinski definition) is 19. The van der Waals surface area contributed by atoms with Gasteiger partial charge in [0.1, 0.15) is 49.8 Å². The van der Waals surface area contributed by atoms with Crippen LogP contribution in [0, 0.1) is 0 Å². The zero-order chi connectivity index (χ0) is 39.0. The van der Waals surface area contributed by atoms with E-state index in [1.807, 2.05) is 0 Å². The Morgan fingerprint density at radius 2 is 1.28 bits per heavy atom. The van der Waals surface area contributed by atoms with Crippen LogP contribution in [0.25, 0.3) is 6.08 Å². The number of ether oxygens (including phenoxy) is 11. The van der Waals surface area contributed by atoms with Gasteiger partial charge in [-0.25, -0.2) is 9.59 Å². The average molecular weight is 757 g/mol. The summed E-state index contributed by atoms with van der Waals surface area (Å²) in [5.41, 5.74) is 0.380. The number of aliphatic hydroxyl groups excluding tert-OH is 6. The van der Waals surface area contributed by atoms with Crippen LogP contribution in [0.2, 0.25) is 0 Å². The van der Waals surface area contributed by atoms with E-state index in [0.717, 1.165) is 6.08 Å². The first-order chi connectivity index (χ1) is 25.3. The van der Waals surface area contributed by atoms with E-state index in [4.69, 9.17) is 52.1 Å². The molecule has 53 heavy (non-hydrogen) atoms. The molecule has 0 saturated carbocycles. The lowest BCUT2D eigenvalue weighted by Gasteiger charge is -2.43. The van der Waals surface area contributed by atoms with Crippen LogP contribution in [0.4, 0.5) is 0 Å². The van der Waals surface area contributed by atoms with Crippen LogP contribution in [-0.2, 0) is 28.5 Å². The number of hydrogen-bond donors (Lipinski definition) is 6. The molecule has 6 N–H and O–H groups in total. The predicted octanol–water partition coefficient (Wildman–Crippen LogP) is -1.21. The van der Waals surface area contributed by atoms with Crippen molar-refractivity contribution < 1.29 is 92.3 Å². The Morgan fingerprint density at radius 3 is 1.77 bits per heavy atom. The van der Waals surface area contributed by atoms with Gasteiger partial charge in [-0.1, -0.05) is 0 Å². The molecule has 2 heterocycles. The third-order valence-corrected chi connectivity index (χ3v) is 8.48. The minimum Gasteiger partial charge on any atom is -0.493 e. The predicted molar refractivity (Wildman–Crippen MR) is 177 cm³/mol. The largest absolute Gasteiger partial charge is 0.493 e. The van der Waals surface area contributed by atoms with Gasteiger partial charge in [0, 0.05) is 6.08 Å². The Morgan fingerprint density at radius 1 is 0.736 bits per heavy atom. The molecule has 2 fully saturated rings. The molecule has 2 aromatic rings. The molecule has 0 spiro atoms. The van der Waals surface area contributed by atoms with Crippen LogP contribution in [-0.4, -0.2) is 160 Å². The summed E-state index contributed by atoms with van der Waals surface area (Å²) in [5, 5.41) is 63.5. The van der Waals surface area contributed by atoms with Crippen LogP contribution >= 0.6 is 0 Å². The number of esters is 2. The van der Waals surface area contributed by atoms with Crippen LogP contribution in [0.15, 0.2) is 30.3 Å². The molecule has 19 nitrogen and oxygen atoms in total. The molecule has 0 aliphatic carbocycles. The molecule has 0 bridgehead atoms. The summed E-state index contributed by atoms with van der Waals surface area (Å²) in [6, 6.07) is 5.72. The molecule has 9 atom stereocenters. The average Bonchev–Trinajstić information content (AvgIpc) is 3.44. The number of rotatable bonds is 16. The highest BCUT2D eigenvalue weighted by molar-refractivity contribution is 5.91. The van der Waals surface area contributed by atoms with Gasteiger partial charge in [-0.15, -0.1) is 0 Å². The fourth-order valence-electron chi connectivity index (χ4n) is 5.73. The lowest BCUT2D eigenvalue weighted by Crippen LogP contribution is -2.63. The highest BCUT2D eigenvalue weighted by atomic mass is 16.8. The minimum absolute atomic E-state index is 0.0372. The van der Waals surface area contributed by atoms with E-state index in [2.05, 4.69) is 0 Å². The van der Waals surface area contributed by atoms with Gasteiger partial charge in [-0.3, -0.25) is 0 Å². The van der Waals surface area contributed by atoms with E-state index >= 15 is 0 Å². The van der Waals surface area contributed by atoms with Gasteiger partial charge in [0.05, 0.1) is 54.8 Å². The number of methoxy groups -OCH3 is 6. The van der Waals surface area contributed by atoms with Gasteiger partial charge >= 0.3 is 11.9 Å². The molecule has 9 unspecified atom stereocenters. The highest BCUT2D eigenvalue weighted by Crippen LogP contribution is 2.41. The van der Waals surface area contributed by atoms with E-state index < -0.39 is 86.6 Å². The van der Waals surface area contributed by atoms with E-state index in [9.17, 15) is 40.2 Å². The standard InChI is InChI=1S/C34H44O19/c1-43-18-9-16(10-19(44-2)29(18)47-5)7-8-24(37)51-31-26(39)22(13-35)52-34(31,15-36)53-33-28(41)27(40)25(38)23(50-33)14-49-32(42)17-11-20(45-3)30(48-6)21(12-17)46-4/h7-12,22-23,25-28,31,33,35-36,38-41H,13-15H2,1-6H3. The maximum absolute atomic E-state index is 13.0. The first kappa shape index (κ1) is 41.3. The van der Waals surface area contributed by atoms with Crippen molar-refractivity contribution in [2.75, 3.05) is 62.5 Å². The summed E-state index contributed by atoms with van der Waals surface area (Å²) in [4.78, 5) is 26.0. The zero-order valence-corrected chi connectivity index (χ0v) is 29.7. The molecule has 0 aromatic heterocycles. The third kappa shape index (κ3) is 8.69. The highest BCUT2D eigenvalue weighted by Gasteiger charge is 2.61. The second-order valence-corrected chi connectivity index (χ2v) is 11.6. The first-order valence-electron chi connectivity index (χ1n) is 16.0. The molecule has 0 amide bonds. The number of benzene rings is 2. The minimum atomic E-state index is -2.49. The van der Waals surface area contributed by atoms with Crippen molar-refractivity contribution in [3.05, 3.63) is 41.5 Å². The molecule has 19 heteroatoms. The maximum Gasteiger partial charge on any atom is 0.338 e. The number of carbonyl (C=O) groups is 2. The van der Waals surface area contributed by atoms with E-state index in [1.54, 1.807) is 12.1 Å². The van der Waals surface area contributed by atoms with Gasteiger partial charge in [0.25, 0.3) is 0 Å². The fourth-order valence-corrected chi connectivity index (χ4v) is 5.73. The Kier molecular flexibility index (Phi) is 14.1. The molecule has 4 rings (SSSR count). The van der Waals surface area contributed by atoms with Gasteiger partial charge in [-0.2, -0.15) is 0 Å². The Bertz CT molecular complexity index is 1550. The zero-order valence-electron chi connectivity index (χ0n) is 29.7. The van der Waals surface area contributed by atoms with Crippen LogP contribution < -0.4 is 28.4 Å². The SMILES string of the molecule is COc1cc(C=CC(=O)OC2C(O)C(CO)OC2(CO)OC2OC(COC(=O)c3cc(OC)c(OC)c(OC)c3)C(O)C(O)C2O)cc(OC)c1OC. The Labute approximate surface area is 303 Å². The third-order valence-electron chi connectivity index (χ3n) is 8.48. The summed E-state index contributed by atoms with van der Waals surface area (Å²) in [6.45, 7) is -2.66. The number of carbonyl (C=O) groups excluding carboxylic acids is 2. The summed E-state index contributed by atoms with van der Waals surface area (Å²) in [5.74, 6) is -3.06. The second-order valence-electron chi connectivity index (χ2n) is 11.6. The lowest BCUT2D eigenvalue weighted by molar-refractivity contribution is -0.383. The summed E-state index contributed by atoms with van der Waals surface area (Å²) >= 11 is 0. The van der Waals surface area contributed by atoms with Crippen LogP contribution in [0.1, 0.15) is 15.9 Å². The van der Waals surface area contributed by atoms with Gasteiger partial charge < -0.3 is 82.7 Å². The molecular weight excluding hydrogens is 712 g/mol. The van der Waals surface area contributed by atoms with Crippen molar-refractivity contribution in [1.29, 1.82) is 0 Å². The van der Waals surface area contributed by atoms with E-state index in [1.165, 1.54) is 60.9 Å². The lowest BCUT2D eigenvalue weighted by atomic mass is 9.98. The molecule has 294 valence electrons. The van der Waals surface area contributed by atoms with Crippen molar-refractivity contribution in [3.8, 4) is 34.5 Å². The molecule has 2 aliphatic heterocycles. The monoisotopic (exact) mass is 756 g/mol. The van der Waals surface area contributed by atoms with Crippen molar-refractivity contribution in [1.82, 2.24) is 0 Å². The molecule has 0 radical (unpaired) electrons. The molecule has 2 saturated heterocycles. The quantitative estimate of drug-likeness (QED) is 0.0867. The Hall–Kier alpha value is -4.44. The normalized spacial score (nSPS) is 28.3. The molecule has 2 aliphatic rings. The molecule has 2 aromatic carbocycles. The molecular formula is C34H44O19. The second kappa shape index (κ2) is 18.1. The summed E-state index contributed by atoms with van der Waals surface area (Å²) in [6.07, 6.45) is -12.1. The van der Waals surface area contributed by atoms with Crippen molar-refractivity contribution in [3.63, 3.8) is 0 Å². The topological polar surface area (TPSA) is 257 Å². The Balaban J connectivity index is 1.53. The number of aliphatic hydroxyl groups is 6.